The van der Waals surface area contributed by atoms with Gasteiger partial charge in [0.2, 0.25) is 17.9 Å². The number of hydrogen-bond acceptors (Lipinski definition) is 11. The van der Waals surface area contributed by atoms with Crippen LogP contribution in [0.2, 0.25) is 0 Å². The smallest absolute Gasteiger partial charge is 0.460 e. The molecule has 0 aliphatic heterocycles. The van der Waals surface area contributed by atoms with E-state index in [-0.39, 0.29) is 30.6 Å². The van der Waals surface area contributed by atoms with Crippen molar-refractivity contribution in [3.05, 3.63) is 83.7 Å². The predicted molar refractivity (Wildman–Crippen MR) is 169 cm³/mol. The van der Waals surface area contributed by atoms with E-state index in [4.69, 9.17) is 18.9 Å². The van der Waals surface area contributed by atoms with Gasteiger partial charge in [-0.15, -0.1) is 10.2 Å². The van der Waals surface area contributed by atoms with Gasteiger partial charge in [-0.3, -0.25) is 0 Å². The molecule has 1 N–H and O–H groups in total. The Morgan fingerprint density at radius 1 is 0.915 bits per heavy atom. The van der Waals surface area contributed by atoms with Crippen LogP contribution in [0.25, 0.3) is 33.5 Å². The van der Waals surface area contributed by atoms with Gasteiger partial charge in [-0.2, -0.15) is 5.21 Å². The van der Waals surface area contributed by atoms with E-state index in [1.807, 2.05) is 48.5 Å². The van der Waals surface area contributed by atoms with E-state index in [2.05, 4.69) is 25.6 Å². The highest BCUT2D eigenvalue weighted by Gasteiger charge is 2.26. The van der Waals surface area contributed by atoms with E-state index in [0.717, 1.165) is 54.4 Å². The minimum atomic E-state index is -1.21. The van der Waals surface area contributed by atoms with E-state index >= 15 is 0 Å². The average Bonchev–Trinajstić information content (AvgIpc) is 3.75. The van der Waals surface area contributed by atoms with Gasteiger partial charge in [0, 0.05) is 19.0 Å². The lowest BCUT2D eigenvalue weighted by Crippen LogP contribution is -2.26. The summed E-state index contributed by atoms with van der Waals surface area (Å²) in [5.74, 6) is -0.864. The first-order chi connectivity index (χ1) is 22.9. The second kappa shape index (κ2) is 14.2. The van der Waals surface area contributed by atoms with Crippen LogP contribution in [0, 0.1) is 0 Å². The van der Waals surface area contributed by atoms with Crippen molar-refractivity contribution in [2.75, 3.05) is 6.61 Å². The number of fused-ring (bicyclic) bond motifs is 1. The van der Waals surface area contributed by atoms with Gasteiger partial charge in [0.15, 0.2) is 0 Å². The molecule has 47 heavy (non-hydrogen) atoms. The third-order valence-corrected chi connectivity index (χ3v) is 7.91. The maximum Gasteiger partial charge on any atom is 0.511 e. The number of carbonyl (C=O) groups excluding carboxylic acids is 3. The summed E-state index contributed by atoms with van der Waals surface area (Å²) in [6, 6.07) is 20.4. The van der Waals surface area contributed by atoms with Crippen LogP contribution in [0.1, 0.15) is 72.5 Å². The van der Waals surface area contributed by atoms with E-state index < -0.39 is 24.4 Å². The third-order valence-electron chi connectivity index (χ3n) is 7.91. The van der Waals surface area contributed by atoms with Crippen molar-refractivity contribution in [1.29, 1.82) is 0 Å². The summed E-state index contributed by atoms with van der Waals surface area (Å²) in [4.78, 5) is 43.3. The monoisotopic (exact) mass is 638 g/mol. The van der Waals surface area contributed by atoms with Crippen molar-refractivity contribution in [3.63, 3.8) is 0 Å². The number of benzene rings is 3. The van der Waals surface area contributed by atoms with Gasteiger partial charge in [0.05, 0.1) is 23.2 Å². The summed E-state index contributed by atoms with van der Waals surface area (Å²) in [7, 11) is 0. The lowest BCUT2D eigenvalue weighted by molar-refractivity contribution is -0.0914. The first-order valence-electron chi connectivity index (χ1n) is 15.6. The van der Waals surface area contributed by atoms with Crippen LogP contribution in [0.4, 0.5) is 4.79 Å². The van der Waals surface area contributed by atoms with Crippen LogP contribution >= 0.6 is 0 Å². The van der Waals surface area contributed by atoms with E-state index in [1.165, 1.54) is 6.92 Å². The lowest BCUT2D eigenvalue weighted by Gasteiger charge is -2.22. The molecule has 1 unspecified atom stereocenters. The molecule has 2 aromatic heterocycles. The molecule has 3 aromatic carbocycles. The van der Waals surface area contributed by atoms with Crippen LogP contribution in [0.3, 0.4) is 0 Å². The SMILES string of the molecule is CCOC(=O)c1nc2cccc(C(=O)OC(C)OC(=O)OC3CCCCC3)c2n1Cc1ccc(-c2ccccc2-c2nn[nH]n2)cc1. The molecule has 1 aliphatic rings. The summed E-state index contributed by atoms with van der Waals surface area (Å²) in [6.07, 6.45) is 2.39. The van der Waals surface area contributed by atoms with Gasteiger partial charge >= 0.3 is 18.1 Å². The van der Waals surface area contributed by atoms with E-state index in [1.54, 1.807) is 29.7 Å². The number of aromatic nitrogens is 6. The highest BCUT2D eigenvalue weighted by atomic mass is 16.8. The Kier molecular flexibility index (Phi) is 9.51. The zero-order chi connectivity index (χ0) is 32.8. The summed E-state index contributed by atoms with van der Waals surface area (Å²) in [6.45, 7) is 3.50. The number of imidazole rings is 1. The summed E-state index contributed by atoms with van der Waals surface area (Å²) in [5.41, 5.74) is 4.43. The zero-order valence-electron chi connectivity index (χ0n) is 26.0. The normalized spacial score (nSPS) is 14.0. The molecule has 5 aromatic rings. The Balaban J connectivity index is 1.26. The third kappa shape index (κ3) is 7.13. The maximum atomic E-state index is 13.5. The number of H-pyrrole nitrogens is 1. The minimum Gasteiger partial charge on any atom is -0.460 e. The molecule has 0 saturated heterocycles. The van der Waals surface area contributed by atoms with E-state index in [0.29, 0.717) is 16.9 Å². The molecular weight excluding hydrogens is 604 g/mol. The molecule has 1 fully saturated rings. The number of para-hydroxylation sites is 1. The fourth-order valence-corrected chi connectivity index (χ4v) is 5.75. The number of carbonyl (C=O) groups is 3. The number of aromatic amines is 1. The first kappa shape index (κ1) is 31.4. The molecule has 242 valence electrons. The largest absolute Gasteiger partial charge is 0.511 e. The molecule has 0 radical (unpaired) electrons. The highest BCUT2D eigenvalue weighted by molar-refractivity contribution is 6.04. The predicted octanol–water partition coefficient (Wildman–Crippen LogP) is 6.10. The number of rotatable bonds is 10. The van der Waals surface area contributed by atoms with Crippen LogP contribution in [-0.2, 0) is 25.5 Å². The van der Waals surface area contributed by atoms with Crippen LogP contribution in [-0.4, -0.2) is 67.3 Å². The fraction of sp³-hybridized carbons (Fsp3) is 0.324. The Labute approximate surface area is 270 Å². The fourth-order valence-electron chi connectivity index (χ4n) is 5.75. The Morgan fingerprint density at radius 3 is 2.40 bits per heavy atom. The van der Waals surface area contributed by atoms with E-state index in [9.17, 15) is 14.4 Å². The molecule has 0 amide bonds. The number of esters is 2. The van der Waals surface area contributed by atoms with Crippen molar-refractivity contribution >= 4 is 29.1 Å². The zero-order valence-corrected chi connectivity index (χ0v) is 26.0. The Bertz CT molecular complexity index is 1860. The Hall–Kier alpha value is -5.59. The lowest BCUT2D eigenvalue weighted by atomic mass is 9.98. The molecule has 0 spiro atoms. The standard InChI is InChI=1S/C34H34N6O7/c1-3-44-33(42)31-35-28-15-9-14-27(32(41)45-21(2)46-34(43)47-24-10-5-4-6-11-24)29(28)40(31)20-22-16-18-23(19-17-22)25-12-7-8-13-26(25)30-36-38-39-37-30/h7-9,12-19,21,24H,3-6,10-11,20H2,1-2H3,(H,36,37,38,39). The molecule has 13 nitrogen and oxygen atoms in total. The van der Waals surface area contributed by atoms with Gasteiger partial charge in [0.1, 0.15) is 6.10 Å². The number of hydrogen-bond donors (Lipinski definition) is 1. The number of ether oxygens (including phenoxy) is 4. The van der Waals surface area contributed by atoms with Crippen molar-refractivity contribution in [3.8, 4) is 22.5 Å². The molecule has 1 atom stereocenters. The average molecular weight is 639 g/mol. The summed E-state index contributed by atoms with van der Waals surface area (Å²) >= 11 is 0. The van der Waals surface area contributed by atoms with Crippen LogP contribution < -0.4 is 0 Å². The topological polar surface area (TPSA) is 160 Å². The number of nitrogens with zero attached hydrogens (tertiary/aromatic N) is 5. The summed E-state index contributed by atoms with van der Waals surface area (Å²) < 4.78 is 23.0. The van der Waals surface area contributed by atoms with Crippen LogP contribution in [0.15, 0.2) is 66.7 Å². The molecule has 6 rings (SSSR count). The second-order valence-electron chi connectivity index (χ2n) is 11.1. The van der Waals surface area contributed by atoms with Crippen molar-refractivity contribution in [2.45, 2.75) is 64.9 Å². The highest BCUT2D eigenvalue weighted by Crippen LogP contribution is 2.31. The maximum absolute atomic E-state index is 13.5. The van der Waals surface area contributed by atoms with Gasteiger partial charge in [-0.25, -0.2) is 19.4 Å². The number of tetrazole rings is 1. The first-order valence-corrected chi connectivity index (χ1v) is 15.6. The van der Waals surface area contributed by atoms with Gasteiger partial charge < -0.3 is 23.5 Å². The number of nitrogens with one attached hydrogen (secondary N) is 1. The molecule has 13 heteroatoms. The Morgan fingerprint density at radius 2 is 1.68 bits per heavy atom. The quantitative estimate of drug-likeness (QED) is 0.107. The van der Waals surface area contributed by atoms with Gasteiger partial charge in [0.25, 0.3) is 0 Å². The molecule has 1 aliphatic carbocycles. The minimum absolute atomic E-state index is 0.0361. The van der Waals surface area contributed by atoms with Gasteiger partial charge in [-0.1, -0.05) is 61.0 Å². The van der Waals surface area contributed by atoms with Crippen LogP contribution in [0.5, 0.6) is 0 Å². The molecule has 1 saturated carbocycles. The summed E-state index contributed by atoms with van der Waals surface area (Å²) in [5, 5.41) is 14.4. The van der Waals surface area contributed by atoms with Gasteiger partial charge in [-0.05, 0) is 66.6 Å². The van der Waals surface area contributed by atoms with Crippen molar-refractivity contribution in [1.82, 2.24) is 30.2 Å². The molecule has 2 heterocycles. The van der Waals surface area contributed by atoms with Crippen molar-refractivity contribution in [2.24, 2.45) is 0 Å². The molecule has 0 bridgehead atoms. The molecular formula is C34H34N6O7. The van der Waals surface area contributed by atoms with Crippen molar-refractivity contribution < 1.29 is 33.3 Å². The second-order valence-corrected chi connectivity index (χ2v) is 11.1.